The molecule has 1 aliphatic heterocycles. The second kappa shape index (κ2) is 46.7. The number of nitrogens with two attached hydrogens (primary N) is 2. The van der Waals surface area contributed by atoms with E-state index in [1.165, 1.54) is 23.3 Å². The standard InChI is InChI=1S/C74H117N9O17S/c1-14-51(8)68(63(93-12)46-65(88)83-31-19-23-59(83)69(94-13)52(9)60(84)44-56(71-77-30-41-101-71)42-53-20-16-15-17-21-53)81(10)72(90)58(48(2)3)45-62(86)67(50(6)7)82(11)74(92)99-47-54-24-26-57(27-25-54)79-70(89)55(22-18-29-78-73(75)91)43-61(85)66(49(4)5)80-64(87)28-32-95-33-34-96-35-36-97-37-38-98-39-40-100-76/h15-17,20-21,24-27,30,41,48-52,55-56,58-59,63,66-69H,14,18-19,22-23,28-29,31-40,42-47,76H2,1-13H3,(H,79,89)(H,80,87)(H3,75,78,91)/t51-,52-,55+,56+,58-,59-,63+,66-,67-,68-,69?/m0/s1. The van der Waals surface area contributed by atoms with Crippen LogP contribution in [0.15, 0.2) is 66.2 Å². The van der Waals surface area contributed by atoms with Gasteiger partial charge in [-0.25, -0.2) is 20.5 Å². The number of likely N-dealkylation sites (tertiary alicyclic amines) is 1. The lowest BCUT2D eigenvalue weighted by atomic mass is 9.83. The minimum atomic E-state index is -0.960. The molecular formula is C74H117N9O17S. The Morgan fingerprint density at radius 1 is 0.713 bits per heavy atom. The molecule has 7 N–H and O–H groups in total. The third-order valence-corrected chi connectivity index (χ3v) is 19.8. The minimum Gasteiger partial charge on any atom is -0.445 e. The number of methoxy groups -OCH3 is 2. The van der Waals surface area contributed by atoms with E-state index in [2.05, 4.69) is 37.9 Å². The number of urea groups is 1. The van der Waals surface area contributed by atoms with E-state index in [0.717, 1.165) is 17.0 Å². The summed E-state index contributed by atoms with van der Waals surface area (Å²) in [5.74, 6) is -0.385. The number of anilines is 1. The van der Waals surface area contributed by atoms with E-state index >= 15 is 0 Å². The summed E-state index contributed by atoms with van der Waals surface area (Å²) < 4.78 is 39.8. The lowest BCUT2D eigenvalue weighted by Crippen LogP contribution is -2.54. The molecule has 0 spiro atoms. The van der Waals surface area contributed by atoms with Gasteiger partial charge in [-0.1, -0.05) is 111 Å². The lowest BCUT2D eigenvalue weighted by Gasteiger charge is -2.41. The minimum absolute atomic E-state index is 0.00827. The van der Waals surface area contributed by atoms with Crippen LogP contribution in [0.4, 0.5) is 15.3 Å². The van der Waals surface area contributed by atoms with E-state index in [4.69, 9.17) is 44.8 Å². The first-order chi connectivity index (χ1) is 48.3. The summed E-state index contributed by atoms with van der Waals surface area (Å²) in [6, 6.07) is 13.1. The van der Waals surface area contributed by atoms with Crippen LogP contribution in [-0.4, -0.2) is 210 Å². The third-order valence-electron chi connectivity index (χ3n) is 18.8. The maximum Gasteiger partial charge on any atom is 0.410 e. The second-order valence-corrected chi connectivity index (χ2v) is 28.2. The Kier molecular flexibility index (Phi) is 40.1. The van der Waals surface area contributed by atoms with Crippen LogP contribution in [0, 0.1) is 41.4 Å². The predicted octanol–water partition coefficient (Wildman–Crippen LogP) is 8.32. The van der Waals surface area contributed by atoms with Crippen LogP contribution in [-0.2, 0) is 84.6 Å². The van der Waals surface area contributed by atoms with Gasteiger partial charge in [-0.2, -0.15) is 0 Å². The number of primary amides is 1. The highest BCUT2D eigenvalue weighted by molar-refractivity contribution is 7.09. The molecule has 27 heteroatoms. The van der Waals surface area contributed by atoms with E-state index in [0.29, 0.717) is 89.7 Å². The van der Waals surface area contributed by atoms with Crippen LogP contribution in [0.2, 0.25) is 0 Å². The molecule has 0 radical (unpaired) electrons. The zero-order chi connectivity index (χ0) is 74.6. The van der Waals surface area contributed by atoms with Crippen LogP contribution in [0.3, 0.4) is 0 Å². The number of benzene rings is 2. The fourth-order valence-corrected chi connectivity index (χ4v) is 13.8. The van der Waals surface area contributed by atoms with Gasteiger partial charge in [0, 0.05) is 108 Å². The summed E-state index contributed by atoms with van der Waals surface area (Å²) >= 11 is 1.54. The van der Waals surface area contributed by atoms with Gasteiger partial charge >= 0.3 is 12.1 Å². The van der Waals surface area contributed by atoms with Crippen molar-refractivity contribution in [3.05, 3.63) is 82.3 Å². The van der Waals surface area contributed by atoms with Crippen molar-refractivity contribution in [1.82, 2.24) is 30.3 Å². The molecule has 566 valence electrons. The summed E-state index contributed by atoms with van der Waals surface area (Å²) in [7, 11) is 6.33. The van der Waals surface area contributed by atoms with E-state index in [-0.39, 0.29) is 130 Å². The molecule has 0 bridgehead atoms. The molecule has 2 heterocycles. The number of carbonyl (C=O) groups excluding carboxylic acids is 9. The van der Waals surface area contributed by atoms with Gasteiger partial charge in [0.25, 0.3) is 0 Å². The van der Waals surface area contributed by atoms with Crippen molar-refractivity contribution in [2.24, 2.45) is 53.1 Å². The van der Waals surface area contributed by atoms with Crippen LogP contribution >= 0.6 is 11.3 Å². The summed E-state index contributed by atoms with van der Waals surface area (Å²) in [5.41, 5.74) is 7.36. The van der Waals surface area contributed by atoms with Crippen molar-refractivity contribution in [1.29, 1.82) is 0 Å². The molecule has 7 amide bonds. The number of ether oxygens (including phenoxy) is 7. The highest BCUT2D eigenvalue weighted by atomic mass is 32.1. The van der Waals surface area contributed by atoms with Gasteiger partial charge in [0.2, 0.25) is 23.6 Å². The highest BCUT2D eigenvalue weighted by Gasteiger charge is 2.44. The first-order valence-electron chi connectivity index (χ1n) is 35.7. The number of carbonyl (C=O) groups is 9. The summed E-state index contributed by atoms with van der Waals surface area (Å²) in [6.07, 6.45) is 2.80. The Morgan fingerprint density at radius 2 is 1.35 bits per heavy atom. The Balaban J connectivity index is 1.35. The van der Waals surface area contributed by atoms with Gasteiger partial charge < -0.3 is 74.4 Å². The van der Waals surface area contributed by atoms with E-state index in [9.17, 15) is 43.2 Å². The van der Waals surface area contributed by atoms with E-state index in [1.54, 1.807) is 70.5 Å². The van der Waals surface area contributed by atoms with E-state index in [1.807, 2.05) is 76.9 Å². The molecule has 1 fully saturated rings. The van der Waals surface area contributed by atoms with E-state index < -0.39 is 72.0 Å². The molecule has 1 aliphatic rings. The average molecular weight is 1440 g/mol. The molecule has 1 unspecified atom stereocenters. The molecule has 1 saturated heterocycles. The van der Waals surface area contributed by atoms with Gasteiger partial charge in [0.15, 0.2) is 11.6 Å². The maximum absolute atomic E-state index is 15.0. The molecule has 1 aromatic heterocycles. The number of Topliss-reactive ketones (excluding diaryl/α,β-unsaturated/α-hetero) is 3. The fourth-order valence-electron chi connectivity index (χ4n) is 13.0. The SMILES string of the molecule is CC[C@H](C)[C@@H]([C@@H](CC(=O)N1CCC[C@H]1C(OC)[C@@H](C)C(=O)C[C@@H](Cc1ccccc1)c1nccs1)OC)N(C)C(=O)[C@@H](CC(=O)[C@H](C(C)C)N(C)C(=O)OCc1ccc(NC(=O)[C@H](CCCNC(N)=O)CC(=O)[C@@H](NC(=O)CCOCCOCCOCCOCCON)C(C)C)cc1)C(C)C. The van der Waals surface area contributed by atoms with Gasteiger partial charge in [-0.05, 0) is 79.0 Å². The number of rotatable bonds is 51. The smallest absolute Gasteiger partial charge is 0.410 e. The largest absolute Gasteiger partial charge is 0.445 e. The van der Waals surface area contributed by atoms with Crippen LogP contribution in [0.1, 0.15) is 149 Å². The summed E-state index contributed by atoms with van der Waals surface area (Å²) in [6.45, 7) is 20.2. The van der Waals surface area contributed by atoms with Gasteiger partial charge in [-0.15, -0.1) is 11.3 Å². The molecule has 4 rings (SSSR count). The number of nitrogens with zero attached hydrogens (tertiary/aromatic N) is 4. The van der Waals surface area contributed by atoms with Crippen LogP contribution < -0.4 is 27.6 Å². The van der Waals surface area contributed by atoms with Crippen LogP contribution in [0.25, 0.3) is 0 Å². The molecule has 3 aromatic rings. The van der Waals surface area contributed by atoms with Crippen molar-refractivity contribution < 1.29 is 81.1 Å². The van der Waals surface area contributed by atoms with Crippen molar-refractivity contribution in [3.8, 4) is 0 Å². The quantitative estimate of drug-likeness (QED) is 0.0262. The number of thiazole rings is 1. The normalized spacial score (nSPS) is 16.1. The molecule has 0 aliphatic carbocycles. The Hall–Kier alpha value is -6.82. The number of likely N-dealkylation sites (N-methyl/N-ethyl adjacent to an activating group) is 2. The number of nitrogens with one attached hydrogen (secondary N) is 3. The Bertz CT molecular complexity index is 2960. The summed E-state index contributed by atoms with van der Waals surface area (Å²) in [5, 5.41) is 11.0. The number of ketones is 3. The molecule has 0 saturated carbocycles. The Morgan fingerprint density at radius 3 is 1.90 bits per heavy atom. The topological polar surface area (TPSA) is 338 Å². The Labute approximate surface area is 602 Å². The first-order valence-corrected chi connectivity index (χ1v) is 36.5. The number of hydrogen-bond donors (Lipinski definition) is 5. The third kappa shape index (κ3) is 29.5. The van der Waals surface area contributed by atoms with Crippen molar-refractivity contribution >= 4 is 70.1 Å². The summed E-state index contributed by atoms with van der Waals surface area (Å²) in [4.78, 5) is 138. The second-order valence-electron chi connectivity index (χ2n) is 27.2. The monoisotopic (exact) mass is 1440 g/mol. The van der Waals surface area contributed by atoms with Crippen molar-refractivity contribution in [2.75, 3.05) is 106 Å². The van der Waals surface area contributed by atoms with Gasteiger partial charge in [-0.3, -0.25) is 33.6 Å². The average Bonchev–Trinajstić information content (AvgIpc) is 1.40. The molecule has 26 nitrogen and oxygen atoms in total. The zero-order valence-corrected chi connectivity index (χ0v) is 62.8. The number of aromatic nitrogens is 1. The zero-order valence-electron chi connectivity index (χ0n) is 62.0. The molecule has 2 aromatic carbocycles. The molecule has 101 heavy (non-hydrogen) atoms. The van der Waals surface area contributed by atoms with Gasteiger partial charge in [0.05, 0.1) is 107 Å². The predicted molar refractivity (Wildman–Crippen MR) is 385 cm³/mol. The van der Waals surface area contributed by atoms with Crippen molar-refractivity contribution in [2.45, 2.75) is 182 Å². The van der Waals surface area contributed by atoms with Crippen LogP contribution in [0.5, 0.6) is 0 Å². The van der Waals surface area contributed by atoms with Crippen molar-refractivity contribution in [3.63, 3.8) is 0 Å². The highest BCUT2D eigenvalue weighted by Crippen LogP contribution is 2.34. The molecular weight excluding hydrogens is 1320 g/mol. The fraction of sp³-hybridized carbons (Fsp3) is 0.676. The molecule has 11 atom stereocenters. The lowest BCUT2D eigenvalue weighted by molar-refractivity contribution is -0.149. The first kappa shape index (κ1) is 86.6. The number of amides is 7. The van der Waals surface area contributed by atoms with Gasteiger partial charge in [0.1, 0.15) is 12.4 Å². The maximum atomic E-state index is 15.0. The number of hydrogen-bond acceptors (Lipinski definition) is 20.